The van der Waals surface area contributed by atoms with Crippen molar-refractivity contribution in [2.45, 2.75) is 24.5 Å². The van der Waals surface area contributed by atoms with E-state index in [0.29, 0.717) is 19.8 Å². The summed E-state index contributed by atoms with van der Waals surface area (Å²) in [5, 5.41) is 8.99. The zero-order valence-electron chi connectivity index (χ0n) is 11.7. The van der Waals surface area contributed by atoms with E-state index in [1.165, 1.54) is 6.07 Å². The number of morpholine rings is 1. The summed E-state index contributed by atoms with van der Waals surface area (Å²) in [6.45, 7) is 5.03. The van der Waals surface area contributed by atoms with Gasteiger partial charge in [-0.1, -0.05) is 0 Å². The Morgan fingerprint density at radius 2 is 2.14 bits per heavy atom. The molecule has 0 amide bonds. The molecule has 1 aliphatic rings. The second kappa shape index (κ2) is 7.21. The first-order valence-corrected chi connectivity index (χ1v) is 8.91. The Morgan fingerprint density at radius 3 is 2.71 bits per heavy atom. The highest BCUT2D eigenvalue weighted by Gasteiger charge is 2.25. The number of nitrogens with zero attached hydrogens (tertiary/aromatic N) is 1. The summed E-state index contributed by atoms with van der Waals surface area (Å²) in [4.78, 5) is 2.15. The van der Waals surface area contributed by atoms with E-state index in [4.69, 9.17) is 14.3 Å². The van der Waals surface area contributed by atoms with Gasteiger partial charge in [0.25, 0.3) is 0 Å². The number of aliphatic hydroxyl groups excluding tert-OH is 1. The van der Waals surface area contributed by atoms with Crippen LogP contribution >= 0.6 is 15.9 Å². The molecule has 0 aliphatic carbocycles. The smallest absolute Gasteiger partial charge is 0.245 e. The Kier molecular flexibility index (Phi) is 5.81. The second-order valence-electron chi connectivity index (χ2n) is 4.94. The number of hydrogen-bond acceptors (Lipinski definition) is 6. The van der Waals surface area contributed by atoms with Crippen LogP contribution in [0.2, 0.25) is 0 Å². The molecule has 1 aliphatic heterocycles. The van der Waals surface area contributed by atoms with Gasteiger partial charge in [0.05, 0.1) is 13.2 Å². The molecule has 0 radical (unpaired) electrons. The highest BCUT2D eigenvalue weighted by Crippen LogP contribution is 2.26. The van der Waals surface area contributed by atoms with E-state index in [9.17, 15) is 8.42 Å². The zero-order chi connectivity index (χ0) is 15.5. The van der Waals surface area contributed by atoms with Crippen LogP contribution in [0.1, 0.15) is 12.7 Å². The van der Waals surface area contributed by atoms with Gasteiger partial charge in [-0.25, -0.2) is 13.1 Å². The maximum atomic E-state index is 12.3. The van der Waals surface area contributed by atoms with E-state index in [2.05, 4.69) is 25.6 Å². The molecule has 2 N–H and O–H groups in total. The molecule has 0 saturated carbocycles. The van der Waals surface area contributed by atoms with Crippen molar-refractivity contribution in [2.24, 2.45) is 0 Å². The Bertz CT molecular complexity index is 568. The van der Waals surface area contributed by atoms with E-state index in [1.54, 1.807) is 0 Å². The molecule has 1 fully saturated rings. The van der Waals surface area contributed by atoms with E-state index in [1.807, 2.05) is 6.92 Å². The number of hydrogen-bond donors (Lipinski definition) is 2. The van der Waals surface area contributed by atoms with E-state index < -0.39 is 10.0 Å². The summed E-state index contributed by atoms with van der Waals surface area (Å²) >= 11 is 3.06. The summed E-state index contributed by atoms with van der Waals surface area (Å²) in [5.41, 5.74) is 0. The van der Waals surface area contributed by atoms with Crippen LogP contribution in [-0.4, -0.2) is 57.3 Å². The molecule has 2 rings (SSSR count). The van der Waals surface area contributed by atoms with Crippen molar-refractivity contribution in [2.75, 3.05) is 32.8 Å². The molecule has 1 aromatic heterocycles. The van der Waals surface area contributed by atoms with Crippen molar-refractivity contribution in [1.82, 2.24) is 9.62 Å². The van der Waals surface area contributed by atoms with Gasteiger partial charge in [-0.3, -0.25) is 4.90 Å². The molecular weight excluding hydrogens is 364 g/mol. The molecule has 7 nitrogen and oxygen atoms in total. The SMILES string of the molecule is CC(CN1CCOCC1)NS(=O)(=O)c1cc(CO)oc1Br. The predicted molar refractivity (Wildman–Crippen MR) is 79.4 cm³/mol. The fourth-order valence-electron chi connectivity index (χ4n) is 2.20. The lowest BCUT2D eigenvalue weighted by Crippen LogP contribution is -2.45. The summed E-state index contributed by atoms with van der Waals surface area (Å²) in [6.07, 6.45) is 0. The van der Waals surface area contributed by atoms with Crippen LogP contribution in [0, 0.1) is 0 Å². The molecule has 0 spiro atoms. The minimum Gasteiger partial charge on any atom is -0.450 e. The summed E-state index contributed by atoms with van der Waals surface area (Å²) in [7, 11) is -3.69. The molecule has 1 unspecified atom stereocenters. The fourth-order valence-corrected chi connectivity index (χ4v) is 4.43. The predicted octanol–water partition coefficient (Wildman–Crippen LogP) is 0.533. The molecule has 1 aromatic rings. The number of furan rings is 1. The summed E-state index contributed by atoms with van der Waals surface area (Å²) < 4.78 is 37.7. The van der Waals surface area contributed by atoms with Gasteiger partial charge in [-0.15, -0.1) is 0 Å². The molecule has 0 aromatic carbocycles. The molecular formula is C12H19BrN2O5S. The van der Waals surface area contributed by atoms with Crippen LogP contribution in [0.15, 0.2) is 20.0 Å². The summed E-state index contributed by atoms with van der Waals surface area (Å²) in [5.74, 6) is 0.197. The molecule has 9 heteroatoms. The quantitative estimate of drug-likeness (QED) is 0.745. The van der Waals surface area contributed by atoms with Gasteiger partial charge in [0.15, 0.2) is 4.67 Å². The van der Waals surface area contributed by atoms with Crippen molar-refractivity contribution in [3.63, 3.8) is 0 Å². The molecule has 1 saturated heterocycles. The van der Waals surface area contributed by atoms with Gasteiger partial charge in [0, 0.05) is 31.7 Å². The minimum atomic E-state index is -3.69. The third-order valence-corrected chi connectivity index (χ3v) is 5.59. The van der Waals surface area contributed by atoms with Gasteiger partial charge in [-0.2, -0.15) is 0 Å². The van der Waals surface area contributed by atoms with Crippen molar-refractivity contribution in [1.29, 1.82) is 0 Å². The summed E-state index contributed by atoms with van der Waals surface area (Å²) in [6, 6.07) is 1.07. The van der Waals surface area contributed by atoms with Crippen LogP contribution in [0.5, 0.6) is 0 Å². The van der Waals surface area contributed by atoms with Crippen LogP contribution < -0.4 is 4.72 Å². The Labute approximate surface area is 132 Å². The largest absolute Gasteiger partial charge is 0.450 e. The monoisotopic (exact) mass is 382 g/mol. The first kappa shape index (κ1) is 16.9. The van der Waals surface area contributed by atoms with Crippen LogP contribution in [0.25, 0.3) is 0 Å². The lowest BCUT2D eigenvalue weighted by atomic mass is 10.3. The number of halogens is 1. The standard InChI is InChI=1S/C12H19BrN2O5S/c1-9(7-15-2-4-19-5-3-15)14-21(17,18)11-6-10(8-16)20-12(11)13/h6,9,14,16H,2-5,7-8H2,1H3. The highest BCUT2D eigenvalue weighted by molar-refractivity contribution is 9.10. The Morgan fingerprint density at radius 1 is 1.48 bits per heavy atom. The lowest BCUT2D eigenvalue weighted by Gasteiger charge is -2.29. The number of ether oxygens (including phenoxy) is 1. The van der Waals surface area contributed by atoms with Gasteiger partial charge < -0.3 is 14.3 Å². The molecule has 21 heavy (non-hydrogen) atoms. The van der Waals surface area contributed by atoms with Gasteiger partial charge >= 0.3 is 0 Å². The molecule has 2 heterocycles. The minimum absolute atomic E-state index is 0.000350. The van der Waals surface area contributed by atoms with Crippen molar-refractivity contribution in [3.8, 4) is 0 Å². The maximum Gasteiger partial charge on any atom is 0.245 e. The van der Waals surface area contributed by atoms with E-state index in [-0.39, 0.29) is 28.0 Å². The number of sulfonamides is 1. The van der Waals surface area contributed by atoms with Crippen molar-refractivity contribution >= 4 is 26.0 Å². The van der Waals surface area contributed by atoms with Gasteiger partial charge in [0.2, 0.25) is 10.0 Å². The third-order valence-electron chi connectivity index (χ3n) is 3.14. The van der Waals surface area contributed by atoms with Crippen LogP contribution in [-0.2, 0) is 21.4 Å². The second-order valence-corrected chi connectivity index (χ2v) is 7.35. The van der Waals surface area contributed by atoms with Crippen molar-refractivity contribution < 1.29 is 22.7 Å². The molecule has 1 atom stereocenters. The lowest BCUT2D eigenvalue weighted by molar-refractivity contribution is 0.0354. The van der Waals surface area contributed by atoms with E-state index in [0.717, 1.165) is 13.1 Å². The Balaban J connectivity index is 2.00. The average Bonchev–Trinajstić information content (AvgIpc) is 2.81. The first-order valence-electron chi connectivity index (χ1n) is 6.64. The third kappa shape index (κ3) is 4.51. The first-order chi connectivity index (χ1) is 9.92. The number of rotatable bonds is 6. The highest BCUT2D eigenvalue weighted by atomic mass is 79.9. The van der Waals surface area contributed by atoms with Crippen LogP contribution in [0.4, 0.5) is 0 Å². The van der Waals surface area contributed by atoms with Gasteiger partial charge in [0.1, 0.15) is 17.3 Å². The Hall–Kier alpha value is -0.450. The maximum absolute atomic E-state index is 12.3. The fraction of sp³-hybridized carbons (Fsp3) is 0.667. The van der Waals surface area contributed by atoms with Crippen LogP contribution in [0.3, 0.4) is 0 Å². The average molecular weight is 383 g/mol. The number of nitrogens with one attached hydrogen (secondary N) is 1. The normalized spacial score (nSPS) is 18.8. The number of aliphatic hydroxyl groups is 1. The topological polar surface area (TPSA) is 92.0 Å². The van der Waals surface area contributed by atoms with Crippen molar-refractivity contribution in [3.05, 3.63) is 16.5 Å². The molecule has 120 valence electrons. The van der Waals surface area contributed by atoms with E-state index >= 15 is 0 Å². The van der Waals surface area contributed by atoms with Gasteiger partial charge in [-0.05, 0) is 22.9 Å². The zero-order valence-corrected chi connectivity index (χ0v) is 14.1. The molecule has 0 bridgehead atoms.